The van der Waals surface area contributed by atoms with Gasteiger partial charge in [0.15, 0.2) is 0 Å². The fourth-order valence-corrected chi connectivity index (χ4v) is 4.92. The molecule has 0 aromatic heterocycles. The molecular weight excluding hydrogens is 344 g/mol. The van der Waals surface area contributed by atoms with Crippen molar-refractivity contribution in [3.8, 4) is 0 Å². The zero-order valence-corrected chi connectivity index (χ0v) is 15.4. The highest BCUT2D eigenvalue weighted by atomic mass is 35.5. The van der Waals surface area contributed by atoms with Crippen LogP contribution in [0, 0.1) is 0 Å². The summed E-state index contributed by atoms with van der Waals surface area (Å²) in [4.78, 5) is 26.4. The van der Waals surface area contributed by atoms with Gasteiger partial charge in [0.2, 0.25) is 0 Å². The van der Waals surface area contributed by atoms with Gasteiger partial charge in [-0.2, -0.15) is 0 Å². The minimum absolute atomic E-state index is 0.0157. The Labute approximate surface area is 152 Å². The minimum atomic E-state index is -0.243. The standard InChI is InChI=1S/C18H23ClN2O2S/c1-12-16(13-6-5-7-14(19)11-10-13)24-18(23)21(12)17(22)20-15-8-3-2-4-9-15/h5,7,10-12,15-16H,2-4,6,8-9H2,1H3,(H,20,22). The molecule has 0 aromatic carbocycles. The Morgan fingerprint density at radius 1 is 1.29 bits per heavy atom. The molecule has 0 aromatic rings. The lowest BCUT2D eigenvalue weighted by Crippen LogP contribution is -2.49. The van der Waals surface area contributed by atoms with Crippen molar-refractivity contribution in [1.82, 2.24) is 10.2 Å². The van der Waals surface area contributed by atoms with Crippen LogP contribution in [0.4, 0.5) is 9.59 Å². The van der Waals surface area contributed by atoms with Gasteiger partial charge in [-0.05, 0) is 38.3 Å². The second-order valence-electron chi connectivity index (χ2n) is 6.60. The molecule has 130 valence electrons. The molecule has 1 saturated carbocycles. The molecule has 2 atom stereocenters. The Balaban J connectivity index is 1.68. The molecular formula is C18H23ClN2O2S. The number of carbonyl (C=O) groups excluding carboxylic acids is 2. The van der Waals surface area contributed by atoms with Crippen LogP contribution in [0.2, 0.25) is 0 Å². The smallest absolute Gasteiger partial charge is 0.325 e. The molecule has 6 heteroatoms. The van der Waals surface area contributed by atoms with E-state index in [-0.39, 0.29) is 28.6 Å². The van der Waals surface area contributed by atoms with E-state index in [0.29, 0.717) is 5.03 Å². The molecule has 0 bridgehead atoms. The van der Waals surface area contributed by atoms with Crippen molar-refractivity contribution in [2.45, 2.75) is 62.8 Å². The summed E-state index contributed by atoms with van der Waals surface area (Å²) in [6.45, 7) is 1.95. The molecule has 3 rings (SSSR count). The predicted molar refractivity (Wildman–Crippen MR) is 99.3 cm³/mol. The van der Waals surface area contributed by atoms with Crippen LogP contribution in [0.5, 0.6) is 0 Å². The lowest BCUT2D eigenvalue weighted by molar-refractivity contribution is 0.185. The Morgan fingerprint density at radius 2 is 2.04 bits per heavy atom. The van der Waals surface area contributed by atoms with E-state index in [1.165, 1.54) is 23.1 Å². The van der Waals surface area contributed by atoms with Crippen molar-refractivity contribution in [3.05, 3.63) is 34.9 Å². The zero-order valence-electron chi connectivity index (χ0n) is 13.8. The second-order valence-corrected chi connectivity index (χ2v) is 8.13. The second kappa shape index (κ2) is 7.79. The number of rotatable bonds is 2. The SMILES string of the molecule is CC1C(C2=CC=C(Cl)C=CC2)SC(=O)N1C(=O)NC1CCCCC1. The van der Waals surface area contributed by atoms with Gasteiger partial charge in [-0.15, -0.1) is 0 Å². The van der Waals surface area contributed by atoms with E-state index in [2.05, 4.69) is 5.32 Å². The summed E-state index contributed by atoms with van der Waals surface area (Å²) in [7, 11) is 0. The van der Waals surface area contributed by atoms with Crippen LogP contribution in [0.1, 0.15) is 45.4 Å². The third-order valence-corrected chi connectivity index (χ3v) is 6.48. The van der Waals surface area contributed by atoms with Gasteiger partial charge in [0.05, 0.1) is 11.3 Å². The maximum absolute atomic E-state index is 12.6. The van der Waals surface area contributed by atoms with Crippen LogP contribution in [-0.2, 0) is 0 Å². The van der Waals surface area contributed by atoms with Crippen molar-refractivity contribution in [1.29, 1.82) is 0 Å². The van der Waals surface area contributed by atoms with Crippen molar-refractivity contribution in [3.63, 3.8) is 0 Å². The number of thioether (sulfide) groups is 1. The molecule has 2 aliphatic carbocycles. The molecule has 2 unspecified atom stereocenters. The van der Waals surface area contributed by atoms with Gasteiger partial charge in [0.25, 0.3) is 5.24 Å². The van der Waals surface area contributed by atoms with Crippen LogP contribution >= 0.6 is 23.4 Å². The zero-order chi connectivity index (χ0) is 17.1. The van der Waals surface area contributed by atoms with E-state index in [0.717, 1.165) is 37.7 Å². The average molecular weight is 367 g/mol. The van der Waals surface area contributed by atoms with Crippen molar-refractivity contribution >= 4 is 34.6 Å². The van der Waals surface area contributed by atoms with Crippen LogP contribution in [0.3, 0.4) is 0 Å². The maximum atomic E-state index is 12.6. The normalized spacial score (nSPS) is 28.4. The van der Waals surface area contributed by atoms with Gasteiger partial charge in [-0.1, -0.05) is 60.4 Å². The first-order valence-electron chi connectivity index (χ1n) is 8.59. The van der Waals surface area contributed by atoms with Crippen molar-refractivity contribution < 1.29 is 9.59 Å². The average Bonchev–Trinajstić information content (AvgIpc) is 2.71. The van der Waals surface area contributed by atoms with Gasteiger partial charge in [0, 0.05) is 11.1 Å². The van der Waals surface area contributed by atoms with Crippen molar-refractivity contribution in [2.24, 2.45) is 0 Å². The first-order valence-corrected chi connectivity index (χ1v) is 9.85. The Bertz CT molecular complexity index is 608. The largest absolute Gasteiger partial charge is 0.335 e. The number of halogens is 1. The Kier molecular flexibility index (Phi) is 5.72. The summed E-state index contributed by atoms with van der Waals surface area (Å²) in [5.74, 6) is 0. The monoisotopic (exact) mass is 366 g/mol. The fraction of sp³-hybridized carbons (Fsp3) is 0.556. The van der Waals surface area contributed by atoms with Gasteiger partial charge in [-0.3, -0.25) is 9.69 Å². The highest BCUT2D eigenvalue weighted by Gasteiger charge is 2.43. The molecule has 1 heterocycles. The molecule has 1 N–H and O–H groups in total. The van der Waals surface area contributed by atoms with E-state index in [1.54, 1.807) is 0 Å². The third-order valence-electron chi connectivity index (χ3n) is 4.87. The lowest BCUT2D eigenvalue weighted by atomic mass is 9.95. The van der Waals surface area contributed by atoms with Gasteiger partial charge in [-0.25, -0.2) is 4.79 Å². The quantitative estimate of drug-likeness (QED) is 0.751. The van der Waals surface area contributed by atoms with E-state index in [9.17, 15) is 9.59 Å². The summed E-state index contributed by atoms with van der Waals surface area (Å²) in [5, 5.41) is 3.55. The highest BCUT2D eigenvalue weighted by Crippen LogP contribution is 2.38. The van der Waals surface area contributed by atoms with Gasteiger partial charge in [0.1, 0.15) is 0 Å². The molecule has 3 aliphatic rings. The first-order chi connectivity index (χ1) is 11.6. The van der Waals surface area contributed by atoms with E-state index in [4.69, 9.17) is 11.6 Å². The van der Waals surface area contributed by atoms with Crippen LogP contribution in [0.25, 0.3) is 0 Å². The van der Waals surface area contributed by atoms with E-state index in [1.807, 2.05) is 31.2 Å². The van der Waals surface area contributed by atoms with E-state index < -0.39 is 0 Å². The molecule has 1 aliphatic heterocycles. The van der Waals surface area contributed by atoms with Crippen LogP contribution < -0.4 is 5.32 Å². The minimum Gasteiger partial charge on any atom is -0.335 e. The number of nitrogens with zero attached hydrogens (tertiary/aromatic N) is 1. The first kappa shape index (κ1) is 17.6. The lowest BCUT2D eigenvalue weighted by Gasteiger charge is -2.28. The summed E-state index contributed by atoms with van der Waals surface area (Å²) < 4.78 is 0. The topological polar surface area (TPSA) is 49.4 Å². The Morgan fingerprint density at radius 3 is 2.79 bits per heavy atom. The molecule has 1 saturated heterocycles. The number of hydrogen-bond donors (Lipinski definition) is 1. The number of urea groups is 1. The van der Waals surface area contributed by atoms with Gasteiger partial charge >= 0.3 is 6.03 Å². The number of carbonyl (C=O) groups is 2. The van der Waals surface area contributed by atoms with Gasteiger partial charge < -0.3 is 5.32 Å². The van der Waals surface area contributed by atoms with Crippen LogP contribution in [-0.4, -0.2) is 33.5 Å². The fourth-order valence-electron chi connectivity index (χ4n) is 3.54. The summed E-state index contributed by atoms with van der Waals surface area (Å²) in [6.07, 6.45) is 14.0. The van der Waals surface area contributed by atoms with E-state index >= 15 is 0 Å². The highest BCUT2D eigenvalue weighted by molar-refractivity contribution is 8.14. The molecule has 0 spiro atoms. The number of nitrogens with one attached hydrogen (secondary N) is 1. The maximum Gasteiger partial charge on any atom is 0.325 e. The molecule has 3 amide bonds. The summed E-state index contributed by atoms with van der Waals surface area (Å²) in [6, 6.07) is -0.194. The number of allylic oxidation sites excluding steroid dienone is 5. The summed E-state index contributed by atoms with van der Waals surface area (Å²) >= 11 is 7.27. The number of hydrogen-bond acceptors (Lipinski definition) is 3. The molecule has 24 heavy (non-hydrogen) atoms. The number of imide groups is 1. The molecule has 2 fully saturated rings. The summed E-state index contributed by atoms with van der Waals surface area (Å²) in [5.41, 5.74) is 1.13. The third kappa shape index (κ3) is 3.89. The van der Waals surface area contributed by atoms with Crippen LogP contribution in [0.15, 0.2) is 34.9 Å². The molecule has 0 radical (unpaired) electrons. The van der Waals surface area contributed by atoms with Crippen molar-refractivity contribution in [2.75, 3.05) is 0 Å². The number of amides is 3. The Hall–Kier alpha value is -1.20. The predicted octanol–water partition coefficient (Wildman–Crippen LogP) is 4.96. The molecule has 4 nitrogen and oxygen atoms in total.